The predicted octanol–water partition coefficient (Wildman–Crippen LogP) is 2.97. The Hall–Kier alpha value is -2.83. The lowest BCUT2D eigenvalue weighted by molar-refractivity contribution is -0.121. The Morgan fingerprint density at radius 1 is 0.885 bits per heavy atom. The fourth-order valence-corrected chi connectivity index (χ4v) is 2.35. The molecule has 138 valence electrons. The molecule has 0 fully saturated rings. The van der Waals surface area contributed by atoms with Crippen LogP contribution in [0, 0.1) is 17.5 Å². The van der Waals surface area contributed by atoms with E-state index in [1.165, 1.54) is 12.1 Å². The number of hydrogen-bond donors (Lipinski definition) is 2. The topological polar surface area (TPSA) is 58.2 Å². The second-order valence-corrected chi connectivity index (χ2v) is 5.71. The number of benzene rings is 2. The van der Waals surface area contributed by atoms with Crippen LogP contribution < -0.4 is 10.6 Å². The SMILES string of the molecule is O=C(CCCNC(=O)c1ccc(F)cc1F)NCCc1cccc(F)c1. The van der Waals surface area contributed by atoms with E-state index in [4.69, 9.17) is 0 Å². The van der Waals surface area contributed by atoms with Gasteiger partial charge in [0.15, 0.2) is 0 Å². The third-order valence-corrected chi connectivity index (χ3v) is 3.67. The number of hydrogen-bond acceptors (Lipinski definition) is 2. The molecule has 0 heterocycles. The smallest absolute Gasteiger partial charge is 0.254 e. The molecule has 0 aromatic heterocycles. The molecule has 7 heteroatoms. The largest absolute Gasteiger partial charge is 0.356 e. The average Bonchev–Trinajstić information content (AvgIpc) is 2.58. The zero-order chi connectivity index (χ0) is 18.9. The van der Waals surface area contributed by atoms with Crippen LogP contribution in [0.2, 0.25) is 0 Å². The zero-order valence-corrected chi connectivity index (χ0v) is 14.0. The van der Waals surface area contributed by atoms with Crippen molar-refractivity contribution in [2.24, 2.45) is 0 Å². The molecule has 2 N–H and O–H groups in total. The van der Waals surface area contributed by atoms with Gasteiger partial charge in [-0.05, 0) is 42.7 Å². The fourth-order valence-electron chi connectivity index (χ4n) is 2.35. The zero-order valence-electron chi connectivity index (χ0n) is 14.0. The molecule has 2 amide bonds. The standard InChI is InChI=1S/C19H19F3N2O2/c20-14-4-1-3-13(11-14)8-10-23-18(25)5-2-9-24-19(26)16-7-6-15(21)12-17(16)22/h1,3-4,6-7,11-12H,2,5,8-10H2,(H,23,25)(H,24,26). The van der Waals surface area contributed by atoms with E-state index in [2.05, 4.69) is 10.6 Å². The second-order valence-electron chi connectivity index (χ2n) is 5.71. The van der Waals surface area contributed by atoms with Crippen LogP contribution in [0.3, 0.4) is 0 Å². The molecule has 0 radical (unpaired) electrons. The van der Waals surface area contributed by atoms with Gasteiger partial charge in [0.05, 0.1) is 5.56 Å². The molecule has 0 aliphatic rings. The van der Waals surface area contributed by atoms with Gasteiger partial charge in [0.1, 0.15) is 17.5 Å². The van der Waals surface area contributed by atoms with E-state index in [1.807, 2.05) is 0 Å². The molecular weight excluding hydrogens is 345 g/mol. The molecule has 2 aromatic rings. The van der Waals surface area contributed by atoms with E-state index >= 15 is 0 Å². The van der Waals surface area contributed by atoms with Gasteiger partial charge in [0.25, 0.3) is 5.91 Å². The van der Waals surface area contributed by atoms with Crippen molar-refractivity contribution in [2.45, 2.75) is 19.3 Å². The van der Waals surface area contributed by atoms with Crippen molar-refractivity contribution in [3.05, 3.63) is 71.0 Å². The first-order chi connectivity index (χ1) is 12.5. The van der Waals surface area contributed by atoms with Crippen molar-refractivity contribution in [2.75, 3.05) is 13.1 Å². The fraction of sp³-hybridized carbons (Fsp3) is 0.263. The Morgan fingerprint density at radius 2 is 1.65 bits per heavy atom. The summed E-state index contributed by atoms with van der Waals surface area (Å²) in [5, 5.41) is 5.19. The molecule has 4 nitrogen and oxygen atoms in total. The summed E-state index contributed by atoms with van der Waals surface area (Å²) in [5.74, 6) is -2.86. The van der Waals surface area contributed by atoms with E-state index in [-0.39, 0.29) is 30.3 Å². The van der Waals surface area contributed by atoms with Gasteiger partial charge in [-0.15, -0.1) is 0 Å². The maximum absolute atomic E-state index is 13.5. The number of carbonyl (C=O) groups is 2. The molecular formula is C19H19F3N2O2. The van der Waals surface area contributed by atoms with Crippen LogP contribution in [0.5, 0.6) is 0 Å². The quantitative estimate of drug-likeness (QED) is 0.708. The van der Waals surface area contributed by atoms with Crippen LogP contribution >= 0.6 is 0 Å². The molecule has 26 heavy (non-hydrogen) atoms. The minimum atomic E-state index is -0.933. The van der Waals surface area contributed by atoms with Crippen LogP contribution in [0.4, 0.5) is 13.2 Å². The van der Waals surface area contributed by atoms with Crippen LogP contribution in [0.25, 0.3) is 0 Å². The summed E-state index contributed by atoms with van der Waals surface area (Å²) in [7, 11) is 0. The lowest BCUT2D eigenvalue weighted by Crippen LogP contribution is -2.29. The van der Waals surface area contributed by atoms with Crippen LogP contribution in [0.15, 0.2) is 42.5 Å². The Kier molecular flexibility index (Phi) is 7.20. The van der Waals surface area contributed by atoms with E-state index in [0.29, 0.717) is 25.5 Å². The van der Waals surface area contributed by atoms with Gasteiger partial charge in [0.2, 0.25) is 5.91 Å². The van der Waals surface area contributed by atoms with E-state index in [9.17, 15) is 22.8 Å². The summed E-state index contributed by atoms with van der Waals surface area (Å²) < 4.78 is 39.3. The van der Waals surface area contributed by atoms with Gasteiger partial charge in [-0.3, -0.25) is 9.59 Å². The molecule has 0 spiro atoms. The van der Waals surface area contributed by atoms with Crippen molar-refractivity contribution in [1.82, 2.24) is 10.6 Å². The van der Waals surface area contributed by atoms with Gasteiger partial charge in [-0.2, -0.15) is 0 Å². The molecule has 2 aromatic carbocycles. The molecule has 0 aliphatic carbocycles. The second kappa shape index (κ2) is 9.60. The summed E-state index contributed by atoms with van der Waals surface area (Å²) in [6, 6.07) is 8.87. The van der Waals surface area contributed by atoms with Gasteiger partial charge < -0.3 is 10.6 Å². The van der Waals surface area contributed by atoms with Gasteiger partial charge in [-0.25, -0.2) is 13.2 Å². The summed E-state index contributed by atoms with van der Waals surface area (Å²) >= 11 is 0. The van der Waals surface area contributed by atoms with Crippen LogP contribution in [0.1, 0.15) is 28.8 Å². The number of halogens is 3. The van der Waals surface area contributed by atoms with E-state index < -0.39 is 17.5 Å². The Labute approximate surface area is 149 Å². The number of nitrogens with one attached hydrogen (secondary N) is 2. The van der Waals surface area contributed by atoms with E-state index in [1.54, 1.807) is 12.1 Å². The van der Waals surface area contributed by atoms with Crippen LogP contribution in [-0.4, -0.2) is 24.9 Å². The summed E-state index contributed by atoms with van der Waals surface area (Å²) in [5.41, 5.74) is 0.546. The molecule has 0 unspecified atom stereocenters. The van der Waals surface area contributed by atoms with Crippen molar-refractivity contribution in [3.63, 3.8) is 0 Å². The highest BCUT2D eigenvalue weighted by molar-refractivity contribution is 5.94. The molecule has 0 bridgehead atoms. The van der Waals surface area contributed by atoms with E-state index in [0.717, 1.165) is 17.7 Å². The van der Waals surface area contributed by atoms with Gasteiger partial charge in [-0.1, -0.05) is 12.1 Å². The maximum atomic E-state index is 13.5. The first-order valence-electron chi connectivity index (χ1n) is 8.20. The van der Waals surface area contributed by atoms with Crippen LogP contribution in [-0.2, 0) is 11.2 Å². The molecule has 2 rings (SSSR count). The lowest BCUT2D eigenvalue weighted by Gasteiger charge is -2.07. The maximum Gasteiger partial charge on any atom is 0.254 e. The van der Waals surface area contributed by atoms with Crippen molar-refractivity contribution < 1.29 is 22.8 Å². The van der Waals surface area contributed by atoms with Gasteiger partial charge in [0, 0.05) is 25.6 Å². The van der Waals surface area contributed by atoms with Gasteiger partial charge >= 0.3 is 0 Å². The minimum Gasteiger partial charge on any atom is -0.356 e. The number of rotatable bonds is 8. The Balaban J connectivity index is 1.63. The summed E-state index contributed by atoms with van der Waals surface area (Å²) in [6.45, 7) is 0.572. The van der Waals surface area contributed by atoms with Crippen molar-refractivity contribution >= 4 is 11.8 Å². The monoisotopic (exact) mass is 364 g/mol. The number of amides is 2. The molecule has 0 saturated carbocycles. The number of carbonyl (C=O) groups excluding carboxylic acids is 2. The van der Waals surface area contributed by atoms with Crippen molar-refractivity contribution in [3.8, 4) is 0 Å². The third-order valence-electron chi connectivity index (χ3n) is 3.67. The molecule has 0 aliphatic heterocycles. The minimum absolute atomic E-state index is 0.187. The first kappa shape index (κ1) is 19.5. The normalized spacial score (nSPS) is 10.4. The lowest BCUT2D eigenvalue weighted by atomic mass is 10.1. The summed E-state index contributed by atoms with van der Waals surface area (Å²) in [4.78, 5) is 23.5. The highest BCUT2D eigenvalue weighted by Gasteiger charge is 2.12. The molecule has 0 saturated heterocycles. The molecule has 0 atom stereocenters. The third kappa shape index (κ3) is 6.23. The highest BCUT2D eigenvalue weighted by Crippen LogP contribution is 2.09. The average molecular weight is 364 g/mol. The Morgan fingerprint density at radius 3 is 2.38 bits per heavy atom. The first-order valence-corrected chi connectivity index (χ1v) is 8.20. The summed E-state index contributed by atoms with van der Waals surface area (Å²) in [6.07, 6.45) is 1.08. The van der Waals surface area contributed by atoms with Crippen molar-refractivity contribution in [1.29, 1.82) is 0 Å². The predicted molar refractivity (Wildman–Crippen MR) is 91.0 cm³/mol. The highest BCUT2D eigenvalue weighted by atomic mass is 19.1. The Bertz CT molecular complexity index is 781.